The number of nitrogens with one attached hydrogen (secondary N) is 1. The highest BCUT2D eigenvalue weighted by molar-refractivity contribution is 6.31. The molecule has 2 heterocycles. The number of carbonyl (C=O) groups is 2. The minimum Gasteiger partial charge on any atom is -0.342 e. The van der Waals surface area contributed by atoms with E-state index in [-0.39, 0.29) is 22.9 Å². The molecule has 0 unspecified atom stereocenters. The molecule has 1 aromatic heterocycles. The highest BCUT2D eigenvalue weighted by Gasteiger charge is 2.32. The largest absolute Gasteiger partial charge is 0.416 e. The van der Waals surface area contributed by atoms with Crippen LogP contribution in [0.25, 0.3) is 0 Å². The minimum absolute atomic E-state index is 0.141. The van der Waals surface area contributed by atoms with Gasteiger partial charge >= 0.3 is 6.18 Å². The first-order valence-corrected chi connectivity index (χ1v) is 8.87. The van der Waals surface area contributed by atoms with E-state index in [4.69, 9.17) is 11.6 Å². The van der Waals surface area contributed by atoms with Crippen molar-refractivity contribution in [1.82, 2.24) is 25.1 Å². The number of hydrogen-bond donors (Lipinski definition) is 1. The highest BCUT2D eigenvalue weighted by atomic mass is 35.5. The predicted octanol–water partition coefficient (Wildman–Crippen LogP) is 2.86. The van der Waals surface area contributed by atoms with Crippen molar-refractivity contribution >= 4 is 29.3 Å². The summed E-state index contributed by atoms with van der Waals surface area (Å²) in [5.74, 6) is -0.114. The van der Waals surface area contributed by atoms with Gasteiger partial charge in [-0.3, -0.25) is 9.59 Å². The number of benzene rings is 1. The molecule has 2 amide bonds. The molecule has 0 radical (unpaired) electrons. The third-order valence-corrected chi connectivity index (χ3v) is 4.45. The maximum Gasteiger partial charge on any atom is 0.416 e. The van der Waals surface area contributed by atoms with Gasteiger partial charge in [0.1, 0.15) is 6.33 Å². The number of nitrogens with zero attached hydrogens (tertiary/aromatic N) is 5. The number of carbonyl (C=O) groups excluding carboxylic acids is 2. The van der Waals surface area contributed by atoms with Crippen LogP contribution < -0.4 is 5.32 Å². The molecular weight excluding hydrogens is 413 g/mol. The second-order valence-corrected chi connectivity index (χ2v) is 6.82. The Labute approximate surface area is 168 Å². The van der Waals surface area contributed by atoms with Crippen molar-refractivity contribution in [3.63, 3.8) is 0 Å². The van der Waals surface area contributed by atoms with Gasteiger partial charge in [-0.2, -0.15) is 28.1 Å². The Bertz CT molecular complexity index is 988. The van der Waals surface area contributed by atoms with E-state index in [1.165, 1.54) is 23.1 Å². The lowest BCUT2D eigenvalue weighted by Crippen LogP contribution is -2.34. The smallest absolute Gasteiger partial charge is 0.342 e. The molecule has 0 fully saturated rings. The van der Waals surface area contributed by atoms with Crippen LogP contribution in [0.2, 0.25) is 5.02 Å². The van der Waals surface area contributed by atoms with Crippen LogP contribution in [0.15, 0.2) is 29.6 Å². The Morgan fingerprint density at radius 2 is 2.00 bits per heavy atom. The number of aromatic nitrogens is 3. The molecule has 1 N–H and O–H groups in total. The van der Waals surface area contributed by atoms with E-state index in [1.54, 1.807) is 6.92 Å². The Morgan fingerprint density at radius 1 is 1.28 bits per heavy atom. The van der Waals surface area contributed by atoms with Crippen LogP contribution in [0.3, 0.4) is 0 Å². The topological polar surface area (TPSA) is 92.5 Å². The van der Waals surface area contributed by atoms with Gasteiger partial charge in [-0.15, -0.1) is 0 Å². The Balaban J connectivity index is 1.82. The van der Waals surface area contributed by atoms with Crippen molar-refractivity contribution in [2.45, 2.75) is 32.0 Å². The third kappa shape index (κ3) is 4.56. The van der Waals surface area contributed by atoms with Gasteiger partial charge in [-0.05, 0) is 25.1 Å². The lowest BCUT2D eigenvalue weighted by molar-refractivity contribution is -0.137. The summed E-state index contributed by atoms with van der Waals surface area (Å²) in [5, 5.41) is 11.8. The molecule has 1 aliphatic heterocycles. The molecule has 3 rings (SSSR count). The van der Waals surface area contributed by atoms with Gasteiger partial charge in [0, 0.05) is 30.5 Å². The van der Waals surface area contributed by atoms with Crippen LogP contribution in [0.1, 0.15) is 47.6 Å². The summed E-state index contributed by atoms with van der Waals surface area (Å²) < 4.78 is 40.3. The van der Waals surface area contributed by atoms with Crippen molar-refractivity contribution in [2.24, 2.45) is 5.10 Å². The molecule has 0 saturated carbocycles. The Kier molecular flexibility index (Phi) is 5.60. The van der Waals surface area contributed by atoms with Crippen LogP contribution in [0.4, 0.5) is 13.2 Å². The molecule has 0 saturated heterocycles. The predicted molar refractivity (Wildman–Crippen MR) is 97.2 cm³/mol. The van der Waals surface area contributed by atoms with Gasteiger partial charge in [0.25, 0.3) is 5.91 Å². The van der Waals surface area contributed by atoms with Crippen LogP contribution in [0, 0.1) is 0 Å². The first-order chi connectivity index (χ1) is 13.6. The van der Waals surface area contributed by atoms with Crippen LogP contribution >= 0.6 is 11.6 Å². The van der Waals surface area contributed by atoms with Crippen LogP contribution in [0.5, 0.6) is 0 Å². The zero-order valence-corrected chi connectivity index (χ0v) is 16.1. The fourth-order valence-corrected chi connectivity index (χ4v) is 3.02. The third-order valence-electron chi connectivity index (χ3n) is 4.23. The monoisotopic (exact) mass is 428 g/mol. The van der Waals surface area contributed by atoms with Gasteiger partial charge in [0.05, 0.1) is 11.6 Å². The molecule has 8 nitrogen and oxygen atoms in total. The Hall–Kier alpha value is -2.95. The van der Waals surface area contributed by atoms with E-state index in [0.29, 0.717) is 18.1 Å². The van der Waals surface area contributed by atoms with E-state index in [2.05, 4.69) is 20.5 Å². The molecule has 2 aromatic rings. The molecule has 0 bridgehead atoms. The summed E-state index contributed by atoms with van der Waals surface area (Å²) in [6.07, 6.45) is -2.78. The number of alkyl halides is 3. The average molecular weight is 429 g/mol. The minimum atomic E-state index is -4.63. The molecule has 29 heavy (non-hydrogen) atoms. The SMILES string of the molecule is C[C@H](NC(=O)c1cc(Cl)cc(C(F)(F)F)c1)c1ncnn1C1=NN(C)C(=O)CC1. The van der Waals surface area contributed by atoms with Gasteiger partial charge in [-0.1, -0.05) is 11.6 Å². The number of halogens is 4. The molecule has 154 valence electrons. The van der Waals surface area contributed by atoms with E-state index < -0.39 is 23.7 Å². The summed E-state index contributed by atoms with van der Waals surface area (Å²) in [6, 6.07) is 1.92. The average Bonchev–Trinajstić information content (AvgIpc) is 3.12. The van der Waals surface area contributed by atoms with Crippen molar-refractivity contribution in [1.29, 1.82) is 0 Å². The lowest BCUT2D eigenvalue weighted by Gasteiger charge is -2.21. The second kappa shape index (κ2) is 7.82. The van der Waals surface area contributed by atoms with E-state index >= 15 is 0 Å². The fraction of sp³-hybridized carbons (Fsp3) is 0.353. The van der Waals surface area contributed by atoms with E-state index in [1.807, 2.05) is 0 Å². The Morgan fingerprint density at radius 3 is 2.66 bits per heavy atom. The van der Waals surface area contributed by atoms with Gasteiger partial charge in [0.15, 0.2) is 11.7 Å². The van der Waals surface area contributed by atoms with E-state index in [9.17, 15) is 22.8 Å². The van der Waals surface area contributed by atoms with Crippen molar-refractivity contribution in [2.75, 3.05) is 7.05 Å². The van der Waals surface area contributed by atoms with Crippen LogP contribution in [-0.2, 0) is 11.0 Å². The molecule has 0 aliphatic carbocycles. The maximum absolute atomic E-state index is 13.0. The zero-order chi connectivity index (χ0) is 21.3. The van der Waals surface area contributed by atoms with Gasteiger partial charge in [-0.25, -0.2) is 9.99 Å². The van der Waals surface area contributed by atoms with Crippen molar-refractivity contribution in [3.05, 3.63) is 46.5 Å². The second-order valence-electron chi connectivity index (χ2n) is 6.39. The number of rotatable bonds is 3. The number of amides is 2. The van der Waals surface area contributed by atoms with Crippen LogP contribution in [-0.4, -0.2) is 44.5 Å². The van der Waals surface area contributed by atoms with E-state index in [0.717, 1.165) is 18.2 Å². The fourth-order valence-electron chi connectivity index (χ4n) is 2.78. The number of hydrazone groups is 1. The number of hydrogen-bond acceptors (Lipinski definition) is 5. The summed E-state index contributed by atoms with van der Waals surface area (Å²) in [5.41, 5.74) is -1.25. The molecule has 0 spiro atoms. The lowest BCUT2D eigenvalue weighted by atomic mass is 10.1. The van der Waals surface area contributed by atoms with Gasteiger partial charge < -0.3 is 5.32 Å². The molecule has 1 aromatic carbocycles. The summed E-state index contributed by atoms with van der Waals surface area (Å²) in [6.45, 7) is 1.60. The summed E-state index contributed by atoms with van der Waals surface area (Å²) in [7, 11) is 1.51. The summed E-state index contributed by atoms with van der Waals surface area (Å²) >= 11 is 5.73. The zero-order valence-electron chi connectivity index (χ0n) is 15.4. The first-order valence-electron chi connectivity index (χ1n) is 8.49. The normalized spacial score (nSPS) is 15.9. The quantitative estimate of drug-likeness (QED) is 0.813. The molecular formula is C17H16ClF3N6O2. The molecule has 1 aliphatic rings. The maximum atomic E-state index is 13.0. The van der Waals surface area contributed by atoms with Gasteiger partial charge in [0.2, 0.25) is 5.91 Å². The molecule has 1 atom stereocenters. The first kappa shape index (κ1) is 20.8. The highest BCUT2D eigenvalue weighted by Crippen LogP contribution is 2.32. The van der Waals surface area contributed by atoms with Crippen molar-refractivity contribution < 1.29 is 22.8 Å². The summed E-state index contributed by atoms with van der Waals surface area (Å²) in [4.78, 5) is 28.2. The molecule has 12 heteroatoms. The van der Waals surface area contributed by atoms with Crippen molar-refractivity contribution in [3.8, 4) is 0 Å². The standard InChI is InChI=1S/C17H16ClF3N6O2/c1-9(15-22-8-23-27(15)13-3-4-14(28)26(2)25-13)24-16(29)10-5-11(17(19,20)21)7-12(18)6-10/h5-9H,3-4H2,1-2H3,(H,24,29)/t9-/m0/s1.